The van der Waals surface area contributed by atoms with Crippen LogP contribution in [0.1, 0.15) is 0 Å². The lowest BCUT2D eigenvalue weighted by Gasteiger charge is -2.13. The Bertz CT molecular complexity index is 2220. The van der Waals surface area contributed by atoms with Gasteiger partial charge >= 0.3 is 0 Å². The van der Waals surface area contributed by atoms with Gasteiger partial charge in [0.25, 0.3) is 0 Å². The van der Waals surface area contributed by atoms with Crippen molar-refractivity contribution < 1.29 is 0 Å². The third-order valence-electron chi connectivity index (χ3n) is 8.00. The lowest BCUT2D eigenvalue weighted by Crippen LogP contribution is -1.95. The summed E-state index contributed by atoms with van der Waals surface area (Å²) >= 11 is 0. The molecule has 0 unspecified atom stereocenters. The maximum atomic E-state index is 4.42. The molecule has 0 radical (unpaired) electrons. The van der Waals surface area contributed by atoms with E-state index in [0.717, 1.165) is 17.1 Å². The van der Waals surface area contributed by atoms with Crippen LogP contribution in [0.15, 0.2) is 116 Å². The van der Waals surface area contributed by atoms with Crippen molar-refractivity contribution in [3.63, 3.8) is 0 Å². The molecule has 0 saturated heterocycles. The highest BCUT2D eigenvalue weighted by atomic mass is 15.0. The summed E-state index contributed by atoms with van der Waals surface area (Å²) in [6.45, 7) is 0. The van der Waals surface area contributed by atoms with Crippen LogP contribution in [0, 0.1) is 0 Å². The van der Waals surface area contributed by atoms with Crippen molar-refractivity contribution in [2.75, 3.05) is 0 Å². The van der Waals surface area contributed by atoms with Crippen LogP contribution in [0.25, 0.3) is 82.3 Å². The molecule has 3 heteroatoms. The molecule has 9 rings (SSSR count). The van der Waals surface area contributed by atoms with Gasteiger partial charge in [0.1, 0.15) is 0 Å². The summed E-state index contributed by atoms with van der Waals surface area (Å²) in [6, 6.07) is 37.6. The van der Waals surface area contributed by atoms with E-state index in [4.69, 9.17) is 0 Å². The summed E-state index contributed by atoms with van der Waals surface area (Å²) in [7, 11) is 0. The van der Waals surface area contributed by atoms with Gasteiger partial charge in [-0.05, 0) is 80.5 Å². The summed E-state index contributed by atoms with van der Waals surface area (Å²) in [4.78, 5) is 8.85. The molecule has 8 aromatic rings. The molecule has 1 aliphatic rings. The van der Waals surface area contributed by atoms with Gasteiger partial charge in [-0.3, -0.25) is 0 Å². The van der Waals surface area contributed by atoms with E-state index in [9.17, 15) is 0 Å². The van der Waals surface area contributed by atoms with Crippen molar-refractivity contribution >= 4 is 54.1 Å². The van der Waals surface area contributed by atoms with Crippen molar-refractivity contribution in [2.45, 2.75) is 0 Å². The highest BCUT2D eigenvalue weighted by Gasteiger charge is 2.23. The molecule has 2 heterocycles. The highest BCUT2D eigenvalue weighted by molar-refractivity contribution is 6.38. The van der Waals surface area contributed by atoms with Crippen LogP contribution >= 0.6 is 0 Å². The number of aromatic nitrogens is 3. The molecule has 0 fully saturated rings. The van der Waals surface area contributed by atoms with Gasteiger partial charge in [0.2, 0.25) is 0 Å². The Kier molecular flexibility index (Phi) is 3.53. The third-order valence-corrected chi connectivity index (χ3v) is 8.00. The summed E-state index contributed by atoms with van der Waals surface area (Å²) in [5, 5.41) is 10.6. The van der Waals surface area contributed by atoms with E-state index >= 15 is 0 Å². The molecule has 1 aliphatic carbocycles. The molecule has 0 aliphatic heterocycles. The minimum Gasteiger partial charge on any atom is -0.309 e. The van der Waals surface area contributed by atoms with Gasteiger partial charge in [-0.1, -0.05) is 60.7 Å². The van der Waals surface area contributed by atoms with Crippen LogP contribution in [0.2, 0.25) is 0 Å². The number of rotatable bonds is 2. The van der Waals surface area contributed by atoms with E-state index in [0.29, 0.717) is 0 Å². The first kappa shape index (κ1) is 19.2. The second kappa shape index (κ2) is 6.80. The topological polar surface area (TPSA) is 30.7 Å². The van der Waals surface area contributed by atoms with Crippen molar-refractivity contribution in [3.8, 4) is 28.2 Å². The quantitative estimate of drug-likeness (QED) is 0.237. The Morgan fingerprint density at radius 1 is 0.432 bits per heavy atom. The molecular weight excluding hydrogens is 450 g/mol. The molecule has 0 amide bonds. The molecule has 0 saturated carbocycles. The zero-order chi connectivity index (χ0) is 24.1. The Labute approximate surface area is 212 Å². The predicted octanol–water partition coefficient (Wildman–Crippen LogP) is 8.68. The maximum Gasteiger partial charge on any atom is 0.159 e. The van der Waals surface area contributed by atoms with Gasteiger partial charge in [-0.25, -0.2) is 9.97 Å². The van der Waals surface area contributed by atoms with Gasteiger partial charge < -0.3 is 4.57 Å². The molecule has 0 bridgehead atoms. The Morgan fingerprint density at radius 3 is 1.78 bits per heavy atom. The second-order valence-electron chi connectivity index (χ2n) is 9.85. The fourth-order valence-electron chi connectivity index (χ4n) is 6.49. The van der Waals surface area contributed by atoms with Crippen LogP contribution in [0.3, 0.4) is 0 Å². The number of fused-ring (bicyclic) bond motifs is 1. The first-order valence-electron chi connectivity index (χ1n) is 12.6. The Balaban J connectivity index is 1.47. The molecular formula is C34H19N3. The predicted molar refractivity (Wildman–Crippen MR) is 153 cm³/mol. The average Bonchev–Trinajstić information content (AvgIpc) is 3.24. The Morgan fingerprint density at radius 2 is 1.03 bits per heavy atom. The second-order valence-corrected chi connectivity index (χ2v) is 9.85. The van der Waals surface area contributed by atoms with Crippen molar-refractivity contribution in [2.24, 2.45) is 0 Å². The van der Waals surface area contributed by atoms with Gasteiger partial charge in [-0.15, -0.1) is 0 Å². The summed E-state index contributed by atoms with van der Waals surface area (Å²) in [5.41, 5.74) is 7.22. The van der Waals surface area contributed by atoms with E-state index in [-0.39, 0.29) is 0 Å². The molecule has 6 aromatic carbocycles. The van der Waals surface area contributed by atoms with Gasteiger partial charge in [-0.2, -0.15) is 0 Å². The minimum atomic E-state index is 0.742. The number of nitrogens with zero attached hydrogens (tertiary/aromatic N) is 3. The molecule has 3 nitrogen and oxygen atoms in total. The summed E-state index contributed by atoms with van der Waals surface area (Å²) in [6.07, 6.45) is 3.57. The SMILES string of the molecule is c1cnc(-c2ccc(-n3c4cccc5c4c4c6c(ccc7ccc8cccc-5c8c76)ccc43)cc2)nc1. The average molecular weight is 470 g/mol. The van der Waals surface area contributed by atoms with E-state index in [1.54, 1.807) is 12.4 Å². The zero-order valence-electron chi connectivity index (χ0n) is 19.8. The number of hydrogen-bond donors (Lipinski definition) is 0. The molecule has 2 aromatic heterocycles. The summed E-state index contributed by atoms with van der Waals surface area (Å²) < 4.78 is 2.41. The van der Waals surface area contributed by atoms with Crippen molar-refractivity contribution in [3.05, 3.63) is 116 Å². The van der Waals surface area contributed by atoms with Gasteiger partial charge in [0, 0.05) is 39.8 Å². The number of benzene rings is 6. The minimum absolute atomic E-state index is 0.742. The van der Waals surface area contributed by atoms with Crippen LogP contribution in [0.4, 0.5) is 0 Å². The smallest absolute Gasteiger partial charge is 0.159 e. The van der Waals surface area contributed by atoms with E-state index in [1.807, 2.05) is 6.07 Å². The van der Waals surface area contributed by atoms with Crippen molar-refractivity contribution in [1.29, 1.82) is 0 Å². The molecule has 0 atom stereocenters. The number of hydrogen-bond acceptors (Lipinski definition) is 2. The fourth-order valence-corrected chi connectivity index (χ4v) is 6.49. The molecule has 170 valence electrons. The van der Waals surface area contributed by atoms with Gasteiger partial charge in [0.15, 0.2) is 5.82 Å². The first-order valence-corrected chi connectivity index (χ1v) is 12.6. The Hall–Kier alpha value is -5.02. The lowest BCUT2D eigenvalue weighted by atomic mass is 9.93. The maximum absolute atomic E-state index is 4.42. The van der Waals surface area contributed by atoms with E-state index in [2.05, 4.69) is 112 Å². The standard InChI is InChI=1S/C34H19N3/c1-4-20-8-9-21-10-11-22-14-17-28-33-31(22)30(21)29(20)25(5-1)26-6-2-7-27(32(26)33)37(28)24-15-12-23(13-16-24)34-35-18-3-19-36-34/h1-19H. The third kappa shape index (κ3) is 2.41. The van der Waals surface area contributed by atoms with Crippen LogP contribution in [0.5, 0.6) is 0 Å². The fraction of sp³-hybridized carbons (Fsp3) is 0. The van der Waals surface area contributed by atoms with Crippen LogP contribution < -0.4 is 0 Å². The summed E-state index contributed by atoms with van der Waals surface area (Å²) in [5.74, 6) is 0.742. The molecule has 37 heavy (non-hydrogen) atoms. The zero-order valence-corrected chi connectivity index (χ0v) is 19.8. The van der Waals surface area contributed by atoms with Crippen LogP contribution in [-0.2, 0) is 0 Å². The lowest BCUT2D eigenvalue weighted by molar-refractivity contribution is 1.16. The van der Waals surface area contributed by atoms with E-state index < -0.39 is 0 Å². The van der Waals surface area contributed by atoms with E-state index in [1.165, 1.54) is 65.3 Å². The largest absolute Gasteiger partial charge is 0.309 e. The highest BCUT2D eigenvalue weighted by Crippen LogP contribution is 2.49. The monoisotopic (exact) mass is 469 g/mol. The normalized spacial score (nSPS) is 12.3. The van der Waals surface area contributed by atoms with Crippen LogP contribution in [-0.4, -0.2) is 14.5 Å². The van der Waals surface area contributed by atoms with Crippen molar-refractivity contribution in [1.82, 2.24) is 14.5 Å². The molecule has 0 N–H and O–H groups in total. The van der Waals surface area contributed by atoms with Gasteiger partial charge in [0.05, 0.1) is 11.0 Å². The first-order chi connectivity index (χ1) is 18.4. The molecule has 0 spiro atoms.